The molecule has 3 rings (SSSR count). The van der Waals surface area contributed by atoms with Gasteiger partial charge in [-0.05, 0) is 25.1 Å². The molecule has 0 bridgehead atoms. The fraction of sp³-hybridized carbons (Fsp3) is 0.263. The van der Waals surface area contributed by atoms with Gasteiger partial charge in [-0.3, -0.25) is 0 Å². The Morgan fingerprint density at radius 3 is 2.52 bits per heavy atom. The van der Waals surface area contributed by atoms with Crippen molar-refractivity contribution in [1.82, 2.24) is 9.36 Å². The molecule has 0 atom stereocenters. The number of methoxy groups -OCH3 is 2. The predicted octanol–water partition coefficient (Wildman–Crippen LogP) is 3.58. The Bertz CT molecular complexity index is 1190. The van der Waals surface area contributed by atoms with Crippen molar-refractivity contribution in [2.75, 3.05) is 30.9 Å². The van der Waals surface area contributed by atoms with E-state index in [1.54, 1.807) is 18.2 Å². The van der Waals surface area contributed by atoms with Crippen LogP contribution in [-0.4, -0.2) is 39.0 Å². The predicted molar refractivity (Wildman–Crippen MR) is 113 cm³/mol. The van der Waals surface area contributed by atoms with Gasteiger partial charge >= 0.3 is 0 Å². The molecule has 166 valence electrons. The first-order chi connectivity index (χ1) is 14.7. The molecular formula is C19H20F2N4O4S2. The highest BCUT2D eigenvalue weighted by molar-refractivity contribution is 7.93. The molecule has 0 radical (unpaired) electrons. The van der Waals surface area contributed by atoms with E-state index in [0.29, 0.717) is 17.1 Å². The number of halogens is 2. The minimum atomic E-state index is -4.70. The van der Waals surface area contributed by atoms with Crippen LogP contribution in [0.3, 0.4) is 0 Å². The molecule has 0 saturated carbocycles. The van der Waals surface area contributed by atoms with Crippen LogP contribution in [0.2, 0.25) is 0 Å². The molecule has 1 aromatic heterocycles. The lowest BCUT2D eigenvalue weighted by molar-refractivity contribution is 0.391. The Hall–Kier alpha value is -2.99. The molecule has 1 heterocycles. The lowest BCUT2D eigenvalue weighted by Gasteiger charge is -2.24. The first-order valence-electron chi connectivity index (χ1n) is 8.91. The SMILES string of the molecule is CNc1cc(F)c(S(=O)(=O)N(Cc2ccc(OC)cc2OC)c2ncns2)c(F)c1C. The molecule has 31 heavy (non-hydrogen) atoms. The highest BCUT2D eigenvalue weighted by atomic mass is 32.2. The number of rotatable bonds is 8. The third kappa shape index (κ3) is 4.26. The summed E-state index contributed by atoms with van der Waals surface area (Å²) < 4.78 is 71.8. The summed E-state index contributed by atoms with van der Waals surface area (Å²) in [5, 5.41) is 2.59. The van der Waals surface area contributed by atoms with E-state index in [-0.39, 0.29) is 22.9 Å². The summed E-state index contributed by atoms with van der Waals surface area (Å²) in [6, 6.07) is 5.74. The van der Waals surface area contributed by atoms with Crippen molar-refractivity contribution in [3.05, 3.63) is 53.4 Å². The number of aromatic nitrogens is 2. The van der Waals surface area contributed by atoms with Crippen molar-refractivity contribution in [3.8, 4) is 11.5 Å². The van der Waals surface area contributed by atoms with Crippen molar-refractivity contribution in [2.45, 2.75) is 18.4 Å². The number of hydrogen-bond donors (Lipinski definition) is 1. The highest BCUT2D eigenvalue weighted by Gasteiger charge is 2.35. The van der Waals surface area contributed by atoms with Crippen LogP contribution in [0.25, 0.3) is 0 Å². The third-order valence-corrected chi connectivity index (χ3v) is 7.19. The van der Waals surface area contributed by atoms with Gasteiger partial charge in [-0.15, -0.1) is 0 Å². The molecule has 0 fully saturated rings. The largest absolute Gasteiger partial charge is 0.497 e. The second-order valence-corrected chi connectivity index (χ2v) is 8.90. The van der Waals surface area contributed by atoms with E-state index in [0.717, 1.165) is 28.2 Å². The smallest absolute Gasteiger partial charge is 0.272 e. The molecule has 0 spiro atoms. The van der Waals surface area contributed by atoms with E-state index in [1.165, 1.54) is 28.2 Å². The minimum Gasteiger partial charge on any atom is -0.497 e. The van der Waals surface area contributed by atoms with Crippen molar-refractivity contribution in [1.29, 1.82) is 0 Å². The average molecular weight is 471 g/mol. The molecule has 0 unspecified atom stereocenters. The Labute approximate surface area is 182 Å². The van der Waals surface area contributed by atoms with Crippen LogP contribution in [0.15, 0.2) is 35.5 Å². The van der Waals surface area contributed by atoms with Gasteiger partial charge in [0.1, 0.15) is 23.6 Å². The Balaban J connectivity index is 2.16. The Morgan fingerprint density at radius 2 is 1.94 bits per heavy atom. The monoisotopic (exact) mass is 470 g/mol. The van der Waals surface area contributed by atoms with E-state index in [1.807, 2.05) is 0 Å². The average Bonchev–Trinajstić information content (AvgIpc) is 3.28. The summed E-state index contributed by atoms with van der Waals surface area (Å²) in [6.07, 6.45) is 1.16. The van der Waals surface area contributed by atoms with Crippen LogP contribution in [0.5, 0.6) is 11.5 Å². The van der Waals surface area contributed by atoms with E-state index >= 15 is 4.39 Å². The second kappa shape index (κ2) is 9.02. The molecule has 0 aliphatic carbocycles. The van der Waals surface area contributed by atoms with Crippen LogP contribution in [0.4, 0.5) is 19.6 Å². The van der Waals surface area contributed by atoms with Gasteiger partial charge in [-0.2, -0.15) is 4.37 Å². The van der Waals surface area contributed by atoms with E-state index in [2.05, 4.69) is 14.7 Å². The quantitative estimate of drug-likeness (QED) is 0.538. The Kier molecular flexibility index (Phi) is 6.60. The number of hydrogen-bond acceptors (Lipinski definition) is 8. The van der Waals surface area contributed by atoms with Gasteiger partial charge in [0.05, 0.1) is 20.8 Å². The maximum atomic E-state index is 15.0. The minimum absolute atomic E-state index is 0.0262. The fourth-order valence-corrected chi connectivity index (χ4v) is 5.27. The molecule has 8 nitrogen and oxygen atoms in total. The van der Waals surface area contributed by atoms with Gasteiger partial charge in [0.25, 0.3) is 10.0 Å². The number of ether oxygens (including phenoxy) is 2. The second-order valence-electron chi connectivity index (χ2n) is 6.34. The van der Waals surface area contributed by atoms with Gasteiger partial charge in [0.2, 0.25) is 5.13 Å². The van der Waals surface area contributed by atoms with Gasteiger partial charge in [0, 0.05) is 41.5 Å². The molecule has 0 saturated heterocycles. The number of nitrogens with one attached hydrogen (secondary N) is 1. The molecule has 3 aromatic rings. The summed E-state index contributed by atoms with van der Waals surface area (Å²) in [6.45, 7) is 1.07. The highest BCUT2D eigenvalue weighted by Crippen LogP contribution is 2.35. The van der Waals surface area contributed by atoms with Crippen LogP contribution in [0, 0.1) is 18.6 Å². The zero-order valence-electron chi connectivity index (χ0n) is 17.1. The maximum absolute atomic E-state index is 15.0. The van der Waals surface area contributed by atoms with Crippen LogP contribution in [-0.2, 0) is 16.6 Å². The van der Waals surface area contributed by atoms with Crippen LogP contribution >= 0.6 is 11.5 Å². The molecule has 0 amide bonds. The summed E-state index contributed by atoms with van der Waals surface area (Å²) in [4.78, 5) is 2.88. The molecule has 2 aromatic carbocycles. The number of sulfonamides is 1. The van der Waals surface area contributed by atoms with Gasteiger partial charge < -0.3 is 14.8 Å². The topological polar surface area (TPSA) is 93.7 Å². The molecular weight excluding hydrogens is 450 g/mol. The van der Waals surface area contributed by atoms with Crippen LogP contribution in [0.1, 0.15) is 11.1 Å². The number of benzene rings is 2. The lowest BCUT2D eigenvalue weighted by atomic mass is 10.2. The van der Waals surface area contributed by atoms with Gasteiger partial charge in [-0.25, -0.2) is 26.5 Å². The van der Waals surface area contributed by atoms with Crippen molar-refractivity contribution >= 4 is 32.4 Å². The van der Waals surface area contributed by atoms with Crippen molar-refractivity contribution in [3.63, 3.8) is 0 Å². The summed E-state index contributed by atoms with van der Waals surface area (Å²) in [5.74, 6) is -1.56. The van der Waals surface area contributed by atoms with Crippen LogP contribution < -0.4 is 19.1 Å². The van der Waals surface area contributed by atoms with E-state index in [4.69, 9.17) is 9.47 Å². The zero-order chi connectivity index (χ0) is 22.8. The summed E-state index contributed by atoms with van der Waals surface area (Å²) >= 11 is 0.779. The number of anilines is 2. The Morgan fingerprint density at radius 1 is 1.19 bits per heavy atom. The summed E-state index contributed by atoms with van der Waals surface area (Å²) in [5.41, 5.74) is 0.557. The fourth-order valence-electron chi connectivity index (χ4n) is 2.97. The summed E-state index contributed by atoms with van der Waals surface area (Å²) in [7, 11) is -0.311. The molecule has 0 aliphatic rings. The zero-order valence-corrected chi connectivity index (χ0v) is 18.8. The standard InChI is InChI=1S/C19H20F2N4O4S2/c1-11-15(22-2)8-14(20)18(17(11)21)31(26,27)25(19-23-10-24-30-19)9-12-5-6-13(28-3)7-16(12)29-4/h5-8,10,22H,9H2,1-4H3. The maximum Gasteiger partial charge on any atom is 0.272 e. The normalized spacial score (nSPS) is 11.3. The van der Waals surface area contributed by atoms with Crippen molar-refractivity contribution < 1.29 is 26.7 Å². The molecule has 0 aliphatic heterocycles. The van der Waals surface area contributed by atoms with E-state index in [9.17, 15) is 12.8 Å². The third-order valence-electron chi connectivity index (χ3n) is 4.61. The molecule has 12 heteroatoms. The number of nitrogens with zero attached hydrogens (tertiary/aromatic N) is 3. The van der Waals surface area contributed by atoms with Crippen molar-refractivity contribution in [2.24, 2.45) is 0 Å². The first kappa shape index (κ1) is 22.7. The molecule has 1 N–H and O–H groups in total. The van der Waals surface area contributed by atoms with Gasteiger partial charge in [0.15, 0.2) is 10.7 Å². The first-order valence-corrected chi connectivity index (χ1v) is 11.1. The van der Waals surface area contributed by atoms with E-state index < -0.39 is 26.6 Å². The lowest BCUT2D eigenvalue weighted by Crippen LogP contribution is -2.32. The van der Waals surface area contributed by atoms with Gasteiger partial charge in [-0.1, -0.05) is 0 Å².